The molecule has 0 aromatic heterocycles. The smallest absolute Gasteiger partial charge is 0.294 e. The molecule has 2 aliphatic heterocycles. The predicted molar refractivity (Wildman–Crippen MR) is 128 cm³/mol. The number of fused-ring (bicyclic) bond motifs is 1. The van der Waals surface area contributed by atoms with Crippen molar-refractivity contribution in [3.05, 3.63) is 65.7 Å². The van der Waals surface area contributed by atoms with Gasteiger partial charge >= 0.3 is 0 Å². The fraction of sp³-hybridized carbons (Fsp3) is 0.391. The molecule has 8 nitrogen and oxygen atoms in total. The maximum Gasteiger partial charge on any atom is 0.294 e. The second kappa shape index (κ2) is 9.46. The number of hydrogen-bond donors (Lipinski definition) is 2. The van der Waals surface area contributed by atoms with E-state index in [1.165, 1.54) is 12.1 Å². The normalized spacial score (nSPS) is 23.2. The van der Waals surface area contributed by atoms with E-state index in [-0.39, 0.29) is 26.8 Å². The first-order chi connectivity index (χ1) is 15.3. The third-order valence-corrected chi connectivity index (χ3v) is 8.13. The van der Waals surface area contributed by atoms with Crippen LogP contribution in [0, 0.1) is 6.92 Å². The predicted octanol–water partition coefficient (Wildman–Crippen LogP) is 2.28. The van der Waals surface area contributed by atoms with Crippen molar-refractivity contribution in [1.29, 1.82) is 0 Å². The van der Waals surface area contributed by atoms with Crippen LogP contribution < -0.4 is 5.73 Å². The van der Waals surface area contributed by atoms with Gasteiger partial charge < -0.3 is 15.5 Å². The highest BCUT2D eigenvalue weighted by molar-refractivity contribution is 8.01. The Labute approximate surface area is 198 Å². The quantitative estimate of drug-likeness (QED) is 0.497. The minimum atomic E-state index is -4.02. The fourth-order valence-corrected chi connectivity index (χ4v) is 5.94. The molecule has 33 heavy (non-hydrogen) atoms. The molecule has 4 rings (SSSR count). The Balaban J connectivity index is 0.000000235. The van der Waals surface area contributed by atoms with Crippen molar-refractivity contribution in [2.24, 2.45) is 5.73 Å². The van der Waals surface area contributed by atoms with Crippen molar-refractivity contribution in [1.82, 2.24) is 9.80 Å². The summed E-state index contributed by atoms with van der Waals surface area (Å²) in [6.07, 6.45) is 0. The Hall–Kier alpha value is -2.40. The maximum absolute atomic E-state index is 12.9. The van der Waals surface area contributed by atoms with E-state index in [1.54, 1.807) is 40.7 Å². The zero-order chi connectivity index (χ0) is 24.6. The number of thioether (sulfide) groups is 1. The van der Waals surface area contributed by atoms with E-state index in [0.717, 1.165) is 11.1 Å². The van der Waals surface area contributed by atoms with Crippen LogP contribution in [-0.4, -0.2) is 63.8 Å². The summed E-state index contributed by atoms with van der Waals surface area (Å²) in [6, 6.07) is 14.9. The number of carbonyl (C=O) groups is 2. The van der Waals surface area contributed by atoms with Crippen molar-refractivity contribution in [2.75, 3.05) is 7.05 Å². The number of aryl methyl sites for hydroxylation is 1. The van der Waals surface area contributed by atoms with E-state index < -0.39 is 22.2 Å². The summed E-state index contributed by atoms with van der Waals surface area (Å²) < 4.78 is 29.2. The lowest BCUT2D eigenvalue weighted by atomic mass is 9.95. The molecule has 2 aromatic carbocycles. The van der Waals surface area contributed by atoms with Gasteiger partial charge in [0.1, 0.15) is 17.5 Å². The van der Waals surface area contributed by atoms with E-state index in [4.69, 9.17) is 10.3 Å². The molecule has 0 radical (unpaired) electrons. The average Bonchev–Trinajstić information content (AvgIpc) is 3.02. The highest BCUT2D eigenvalue weighted by atomic mass is 32.2. The number of nitrogens with zero attached hydrogens (tertiary/aromatic N) is 2. The van der Waals surface area contributed by atoms with Crippen molar-refractivity contribution < 1.29 is 22.6 Å². The first-order valence-electron chi connectivity index (χ1n) is 10.4. The monoisotopic (exact) mass is 491 g/mol. The maximum atomic E-state index is 12.9. The molecule has 2 amide bonds. The van der Waals surface area contributed by atoms with Crippen LogP contribution in [0.5, 0.6) is 0 Å². The molecule has 3 N–H and O–H groups in total. The van der Waals surface area contributed by atoms with Crippen molar-refractivity contribution >= 4 is 33.7 Å². The molecule has 10 heteroatoms. The number of amides is 2. The van der Waals surface area contributed by atoms with Crippen LogP contribution in [0.3, 0.4) is 0 Å². The number of hydrogen-bond acceptors (Lipinski definition) is 6. The number of likely N-dealkylation sites (N-methyl/N-ethyl adjacent to an activating group) is 1. The van der Waals surface area contributed by atoms with Crippen LogP contribution in [0.25, 0.3) is 0 Å². The van der Waals surface area contributed by atoms with Gasteiger partial charge in [0, 0.05) is 18.3 Å². The molecule has 3 atom stereocenters. The van der Waals surface area contributed by atoms with Gasteiger partial charge in [-0.05, 0) is 38.5 Å². The number of β-lactam (4-membered cyclic amide) rings is 1. The molecule has 0 spiro atoms. The summed E-state index contributed by atoms with van der Waals surface area (Å²) >= 11 is 1.62. The lowest BCUT2D eigenvalue weighted by molar-refractivity contribution is -0.155. The van der Waals surface area contributed by atoms with Crippen molar-refractivity contribution in [3.8, 4) is 0 Å². The molecular weight excluding hydrogens is 462 g/mol. The third-order valence-electron chi connectivity index (χ3n) is 5.67. The van der Waals surface area contributed by atoms with E-state index in [1.807, 2.05) is 51.1 Å². The van der Waals surface area contributed by atoms with Gasteiger partial charge in [-0.3, -0.25) is 14.1 Å². The largest absolute Gasteiger partial charge is 0.340 e. The Morgan fingerprint density at radius 3 is 2.27 bits per heavy atom. The highest BCUT2D eigenvalue weighted by Gasteiger charge is 2.62. The molecule has 2 saturated heterocycles. The van der Waals surface area contributed by atoms with Crippen LogP contribution in [0.2, 0.25) is 0 Å². The van der Waals surface area contributed by atoms with Gasteiger partial charge in [0.05, 0.1) is 4.90 Å². The summed E-state index contributed by atoms with van der Waals surface area (Å²) in [5.41, 5.74) is 7.88. The van der Waals surface area contributed by atoms with Crippen molar-refractivity contribution in [2.45, 2.75) is 54.4 Å². The van der Waals surface area contributed by atoms with Gasteiger partial charge in [0.25, 0.3) is 10.1 Å². The molecular formula is C23H29N3O5S2. The molecule has 0 aliphatic carbocycles. The molecule has 2 aromatic rings. The molecule has 2 aliphatic rings. The zero-order valence-corrected chi connectivity index (χ0v) is 20.6. The summed E-state index contributed by atoms with van der Waals surface area (Å²) in [6.45, 7) is 6.40. The van der Waals surface area contributed by atoms with Gasteiger partial charge in [-0.1, -0.05) is 48.0 Å². The van der Waals surface area contributed by atoms with Gasteiger partial charge in [-0.2, -0.15) is 8.42 Å². The van der Waals surface area contributed by atoms with Gasteiger partial charge in [-0.25, -0.2) is 0 Å². The minimum Gasteiger partial charge on any atom is -0.340 e. The molecule has 2 fully saturated rings. The first-order valence-corrected chi connectivity index (χ1v) is 12.7. The fourth-order valence-electron chi connectivity index (χ4n) is 3.90. The Morgan fingerprint density at radius 2 is 1.73 bits per heavy atom. The Morgan fingerprint density at radius 1 is 1.15 bits per heavy atom. The molecule has 0 saturated carbocycles. The molecule has 0 bridgehead atoms. The number of benzene rings is 2. The van der Waals surface area contributed by atoms with Crippen LogP contribution in [-0.2, 0) is 26.3 Å². The third kappa shape index (κ3) is 5.40. The SMILES string of the molecule is CN(Cc1ccccc1)C(=O)C1N2C(=O)C(N)[C@H]2SC1(C)C.Cc1ccc(S(=O)(=O)O)cc1. The van der Waals surface area contributed by atoms with E-state index in [2.05, 4.69) is 0 Å². The van der Waals surface area contributed by atoms with E-state index >= 15 is 0 Å². The Bertz CT molecular complexity index is 1120. The van der Waals surface area contributed by atoms with E-state index in [9.17, 15) is 18.0 Å². The Kier molecular flexibility index (Phi) is 7.23. The van der Waals surface area contributed by atoms with Crippen LogP contribution in [0.15, 0.2) is 59.5 Å². The number of rotatable bonds is 4. The summed E-state index contributed by atoms with van der Waals surface area (Å²) in [7, 11) is -2.23. The summed E-state index contributed by atoms with van der Waals surface area (Å²) in [5.74, 6) is -0.140. The highest BCUT2D eigenvalue weighted by Crippen LogP contribution is 2.50. The topological polar surface area (TPSA) is 121 Å². The standard InChI is InChI=1S/C16H21N3O2S.C7H8O3S/c1-16(2)12(19-13(20)11(17)15(19)22-16)14(21)18(3)9-10-7-5-4-6-8-10;1-6-2-4-7(5-3-6)11(8,9)10/h4-8,11-12,15H,9,17H2,1-3H3;2-5H,1H3,(H,8,9,10)/t11?,12?,15-;/m1./s1. The van der Waals surface area contributed by atoms with Gasteiger partial charge in [0.2, 0.25) is 11.8 Å². The second-order valence-corrected chi connectivity index (χ2v) is 11.9. The first kappa shape index (κ1) is 25.2. The lowest BCUT2D eigenvalue weighted by Crippen LogP contribution is -2.69. The average molecular weight is 492 g/mol. The lowest BCUT2D eigenvalue weighted by Gasteiger charge is -2.43. The van der Waals surface area contributed by atoms with E-state index in [0.29, 0.717) is 6.54 Å². The number of carbonyl (C=O) groups excluding carboxylic acids is 2. The summed E-state index contributed by atoms with van der Waals surface area (Å²) in [4.78, 5) is 28.2. The van der Waals surface area contributed by atoms with Crippen molar-refractivity contribution in [3.63, 3.8) is 0 Å². The zero-order valence-electron chi connectivity index (χ0n) is 19.0. The van der Waals surface area contributed by atoms with Gasteiger partial charge in [0.15, 0.2) is 0 Å². The molecule has 2 heterocycles. The van der Waals surface area contributed by atoms with Crippen LogP contribution in [0.1, 0.15) is 25.0 Å². The second-order valence-electron chi connectivity index (χ2n) is 8.75. The summed E-state index contributed by atoms with van der Waals surface area (Å²) in [5, 5.41) is -0.0680. The molecule has 2 unspecified atom stereocenters. The number of nitrogens with two attached hydrogens (primary N) is 1. The van der Waals surface area contributed by atoms with Gasteiger partial charge in [-0.15, -0.1) is 11.8 Å². The minimum absolute atomic E-state index is 0.0240. The molecule has 178 valence electrons. The van der Waals surface area contributed by atoms with Crippen LogP contribution >= 0.6 is 11.8 Å². The van der Waals surface area contributed by atoms with Crippen LogP contribution in [0.4, 0.5) is 0 Å².